The van der Waals surface area contributed by atoms with E-state index in [4.69, 9.17) is 0 Å². The third-order valence-corrected chi connectivity index (χ3v) is 4.43. The fourth-order valence-electron chi connectivity index (χ4n) is 2.54. The summed E-state index contributed by atoms with van der Waals surface area (Å²) in [4.78, 5) is 18.9. The Morgan fingerprint density at radius 3 is 2.23 bits per heavy atom. The molecule has 0 aliphatic carbocycles. The highest BCUT2D eigenvalue weighted by Crippen LogP contribution is 2.26. The predicted octanol–water partition coefficient (Wildman–Crippen LogP) is 4.04. The molecule has 3 aromatic rings. The average Bonchev–Trinajstić information content (AvgIpc) is 3.30. The van der Waals surface area contributed by atoms with Crippen LogP contribution < -0.4 is 4.90 Å². The third kappa shape index (κ3) is 3.36. The monoisotopic (exact) mass is 358 g/mol. The molecule has 0 saturated heterocycles. The zero-order valence-corrected chi connectivity index (χ0v) is 14.5. The van der Waals surface area contributed by atoms with Gasteiger partial charge in [-0.05, 0) is 23.3 Å². The summed E-state index contributed by atoms with van der Waals surface area (Å²) in [5.74, 6) is 0.316. The number of amides is 1. The topological polar surface area (TPSA) is 58.5 Å². The van der Waals surface area contributed by atoms with E-state index in [2.05, 4.69) is 15.2 Å². The normalized spacial score (nSPS) is 15.8. The number of rotatable bonds is 4. The van der Waals surface area contributed by atoms with Crippen LogP contribution in [0.5, 0.6) is 0 Å². The summed E-state index contributed by atoms with van der Waals surface area (Å²) in [6.45, 7) is 0. The smallest absolute Gasteiger partial charge is 0.266 e. The number of nitrogens with zero attached hydrogens (tertiary/aromatic N) is 4. The van der Waals surface area contributed by atoms with Crippen molar-refractivity contribution in [3.63, 3.8) is 0 Å². The van der Waals surface area contributed by atoms with Gasteiger partial charge in [-0.3, -0.25) is 4.79 Å². The standard InChI is InChI=1S/C20H14N4OS/c25-19-17(13-16-9-5-2-6-10-16)22-18(24(19)20-23-21-14-26-20)12-11-15-7-3-1-4-8-15/h1-14H/b12-11+,17-13-. The van der Waals surface area contributed by atoms with E-state index in [-0.39, 0.29) is 5.91 Å². The van der Waals surface area contributed by atoms with Crippen LogP contribution in [-0.2, 0) is 4.79 Å². The first-order valence-electron chi connectivity index (χ1n) is 8.00. The molecule has 126 valence electrons. The van der Waals surface area contributed by atoms with Crippen LogP contribution in [0.2, 0.25) is 0 Å². The minimum atomic E-state index is -0.210. The highest BCUT2D eigenvalue weighted by atomic mass is 32.1. The number of anilines is 1. The summed E-state index contributed by atoms with van der Waals surface area (Å²) in [7, 11) is 0. The van der Waals surface area contributed by atoms with Crippen molar-refractivity contribution in [2.24, 2.45) is 4.99 Å². The minimum Gasteiger partial charge on any atom is -0.266 e. The minimum absolute atomic E-state index is 0.210. The maximum absolute atomic E-state index is 12.9. The van der Waals surface area contributed by atoms with Crippen LogP contribution in [-0.4, -0.2) is 21.9 Å². The Labute approximate surface area is 154 Å². The van der Waals surface area contributed by atoms with Gasteiger partial charge in [-0.15, -0.1) is 10.2 Å². The highest BCUT2D eigenvalue weighted by Gasteiger charge is 2.32. The summed E-state index contributed by atoms with van der Waals surface area (Å²) in [5.41, 5.74) is 3.92. The molecule has 1 aliphatic rings. The highest BCUT2D eigenvalue weighted by molar-refractivity contribution is 7.13. The summed E-state index contributed by atoms with van der Waals surface area (Å²) < 4.78 is 0. The molecule has 0 unspecified atom stereocenters. The van der Waals surface area contributed by atoms with Crippen molar-refractivity contribution < 1.29 is 4.79 Å². The van der Waals surface area contributed by atoms with Crippen molar-refractivity contribution in [1.82, 2.24) is 10.2 Å². The molecule has 1 aliphatic heterocycles. The molecule has 0 N–H and O–H groups in total. The van der Waals surface area contributed by atoms with Gasteiger partial charge in [-0.1, -0.05) is 78.1 Å². The fraction of sp³-hybridized carbons (Fsp3) is 0. The lowest BCUT2D eigenvalue weighted by atomic mass is 10.2. The molecule has 26 heavy (non-hydrogen) atoms. The second kappa shape index (κ2) is 7.25. The largest absolute Gasteiger partial charge is 0.284 e. The summed E-state index contributed by atoms with van der Waals surface area (Å²) in [5, 5.41) is 8.37. The molecular formula is C20H14N4OS. The van der Waals surface area contributed by atoms with Gasteiger partial charge in [-0.25, -0.2) is 9.89 Å². The Kier molecular flexibility index (Phi) is 4.49. The van der Waals surface area contributed by atoms with Gasteiger partial charge >= 0.3 is 0 Å². The molecule has 1 aromatic heterocycles. The Morgan fingerprint density at radius 1 is 0.885 bits per heavy atom. The van der Waals surface area contributed by atoms with E-state index >= 15 is 0 Å². The van der Waals surface area contributed by atoms with Gasteiger partial charge in [0.25, 0.3) is 5.91 Å². The van der Waals surface area contributed by atoms with E-state index < -0.39 is 0 Å². The molecular weight excluding hydrogens is 344 g/mol. The lowest BCUT2D eigenvalue weighted by molar-refractivity contribution is -0.113. The number of aromatic nitrogens is 2. The number of benzene rings is 2. The summed E-state index contributed by atoms with van der Waals surface area (Å²) >= 11 is 1.30. The van der Waals surface area contributed by atoms with E-state index in [0.29, 0.717) is 16.7 Å². The third-order valence-electron chi connectivity index (χ3n) is 3.75. The van der Waals surface area contributed by atoms with Gasteiger partial charge in [0.2, 0.25) is 5.13 Å². The van der Waals surface area contributed by atoms with E-state index in [1.807, 2.05) is 72.8 Å². The van der Waals surface area contributed by atoms with Crippen molar-refractivity contribution >= 4 is 40.4 Å². The number of hydrogen-bond donors (Lipinski definition) is 0. The van der Waals surface area contributed by atoms with Gasteiger partial charge in [0.15, 0.2) is 0 Å². The lowest BCUT2D eigenvalue weighted by Crippen LogP contribution is -2.30. The second-order valence-electron chi connectivity index (χ2n) is 5.52. The van der Waals surface area contributed by atoms with Crippen LogP contribution in [0, 0.1) is 0 Å². The molecule has 0 spiro atoms. The van der Waals surface area contributed by atoms with Crippen LogP contribution in [0.1, 0.15) is 11.1 Å². The molecule has 0 saturated carbocycles. The van der Waals surface area contributed by atoms with Crippen LogP contribution in [0.15, 0.2) is 82.9 Å². The Balaban J connectivity index is 1.72. The Bertz CT molecular complexity index is 993. The fourth-order valence-corrected chi connectivity index (χ4v) is 3.10. The van der Waals surface area contributed by atoms with E-state index in [9.17, 15) is 4.79 Å². The first-order chi connectivity index (χ1) is 12.8. The van der Waals surface area contributed by atoms with Crippen LogP contribution in [0.25, 0.3) is 12.2 Å². The molecule has 0 bridgehead atoms. The van der Waals surface area contributed by atoms with Gasteiger partial charge < -0.3 is 0 Å². The van der Waals surface area contributed by atoms with Gasteiger partial charge in [0.1, 0.15) is 17.0 Å². The molecule has 1 amide bonds. The van der Waals surface area contributed by atoms with E-state index in [0.717, 1.165) is 11.1 Å². The number of hydrogen-bond acceptors (Lipinski definition) is 5. The SMILES string of the molecule is O=C1/C(=C/c2ccccc2)N=C(/C=C/c2ccccc2)N1c1nncs1. The van der Waals surface area contributed by atoms with E-state index in [1.165, 1.54) is 16.2 Å². The first-order valence-corrected chi connectivity index (χ1v) is 8.88. The lowest BCUT2D eigenvalue weighted by Gasteiger charge is -2.11. The molecule has 5 nitrogen and oxygen atoms in total. The molecule has 4 rings (SSSR count). The van der Waals surface area contributed by atoms with Gasteiger partial charge in [0, 0.05) is 0 Å². The Hall–Kier alpha value is -3.38. The number of carbonyl (C=O) groups excluding carboxylic acids is 1. The van der Waals surface area contributed by atoms with Crippen molar-refractivity contribution in [3.05, 3.63) is 89.1 Å². The van der Waals surface area contributed by atoms with Crippen molar-refractivity contribution in [2.75, 3.05) is 4.90 Å². The first kappa shape index (κ1) is 16.1. The summed E-state index contributed by atoms with van der Waals surface area (Å²) in [6.07, 6.45) is 5.52. The number of carbonyl (C=O) groups is 1. The Morgan fingerprint density at radius 2 is 1.58 bits per heavy atom. The number of amidine groups is 1. The quantitative estimate of drug-likeness (QED) is 0.662. The van der Waals surface area contributed by atoms with Gasteiger partial charge in [-0.2, -0.15) is 0 Å². The predicted molar refractivity (Wildman–Crippen MR) is 105 cm³/mol. The van der Waals surface area contributed by atoms with Crippen LogP contribution >= 0.6 is 11.3 Å². The summed E-state index contributed by atoms with van der Waals surface area (Å²) in [6, 6.07) is 19.5. The number of aliphatic imine (C=N–C) groups is 1. The van der Waals surface area contributed by atoms with Gasteiger partial charge in [0.05, 0.1) is 0 Å². The molecule has 0 fully saturated rings. The molecule has 0 atom stereocenters. The van der Waals surface area contributed by atoms with Crippen LogP contribution in [0.3, 0.4) is 0 Å². The second-order valence-corrected chi connectivity index (χ2v) is 6.33. The zero-order chi connectivity index (χ0) is 17.8. The van der Waals surface area contributed by atoms with Crippen molar-refractivity contribution in [1.29, 1.82) is 0 Å². The van der Waals surface area contributed by atoms with Crippen molar-refractivity contribution in [2.45, 2.75) is 0 Å². The molecule has 0 radical (unpaired) electrons. The van der Waals surface area contributed by atoms with E-state index in [1.54, 1.807) is 11.6 Å². The van der Waals surface area contributed by atoms with Crippen LogP contribution in [0.4, 0.5) is 5.13 Å². The molecule has 6 heteroatoms. The molecule has 2 heterocycles. The maximum atomic E-state index is 12.9. The maximum Gasteiger partial charge on any atom is 0.284 e. The zero-order valence-electron chi connectivity index (χ0n) is 13.7. The average molecular weight is 358 g/mol. The van der Waals surface area contributed by atoms with Crippen molar-refractivity contribution in [3.8, 4) is 0 Å². The molecule has 2 aromatic carbocycles.